The Morgan fingerprint density at radius 3 is 2.63 bits per heavy atom. The average Bonchev–Trinajstić information content (AvgIpc) is 2.38. The van der Waals surface area contributed by atoms with Crippen molar-refractivity contribution in [2.45, 2.75) is 13.3 Å². The number of rotatable bonds is 6. The van der Waals surface area contributed by atoms with Crippen LogP contribution in [0.25, 0.3) is 0 Å². The molecule has 19 heavy (non-hydrogen) atoms. The molecule has 0 atom stereocenters. The highest BCUT2D eigenvalue weighted by Gasteiger charge is 2.25. The highest BCUT2D eigenvalue weighted by Crippen LogP contribution is 2.25. The van der Waals surface area contributed by atoms with Crippen molar-refractivity contribution in [3.8, 4) is 0 Å². The summed E-state index contributed by atoms with van der Waals surface area (Å²) in [6, 6.07) is 4.27. The molecule has 0 saturated carbocycles. The number of nitrogens with zero attached hydrogens (tertiary/aromatic N) is 1. The van der Waals surface area contributed by atoms with Crippen LogP contribution in [0.15, 0.2) is 18.2 Å². The molecule has 0 bridgehead atoms. The van der Waals surface area contributed by atoms with Crippen LogP contribution in [0.5, 0.6) is 0 Å². The fourth-order valence-electron chi connectivity index (χ4n) is 1.58. The van der Waals surface area contributed by atoms with Crippen molar-refractivity contribution >= 4 is 33.4 Å². The van der Waals surface area contributed by atoms with Crippen molar-refractivity contribution < 1.29 is 19.2 Å². The summed E-state index contributed by atoms with van der Waals surface area (Å²) in [6.45, 7) is 1.74. The molecule has 0 spiro atoms. The third-order valence-corrected chi connectivity index (χ3v) is 2.96. The van der Waals surface area contributed by atoms with E-state index < -0.39 is 10.9 Å². The minimum absolute atomic E-state index is 0.102. The maximum Gasteiger partial charge on any atom is 0.345 e. The maximum absolute atomic E-state index is 11.7. The van der Waals surface area contributed by atoms with Crippen LogP contribution >= 0.6 is 15.9 Å². The number of carbonyl (C=O) groups is 2. The summed E-state index contributed by atoms with van der Waals surface area (Å²) in [6.07, 6.45) is -0.102. The number of ether oxygens (including phenoxy) is 1. The van der Waals surface area contributed by atoms with Crippen LogP contribution in [0.3, 0.4) is 0 Å². The van der Waals surface area contributed by atoms with Gasteiger partial charge in [0.05, 0.1) is 16.9 Å². The molecule has 0 saturated heterocycles. The minimum Gasteiger partial charge on any atom is -0.462 e. The number of nitro benzene ring substituents is 1. The summed E-state index contributed by atoms with van der Waals surface area (Å²) in [7, 11) is 0. The van der Waals surface area contributed by atoms with E-state index in [2.05, 4.69) is 15.9 Å². The molecule has 7 heteroatoms. The molecule has 0 aliphatic heterocycles. The molecule has 0 fully saturated rings. The van der Waals surface area contributed by atoms with Crippen molar-refractivity contribution in [1.29, 1.82) is 0 Å². The fraction of sp³-hybridized carbons (Fsp3) is 0.333. The molecule has 0 aromatic heterocycles. The number of para-hydroxylation sites is 1. The van der Waals surface area contributed by atoms with Gasteiger partial charge in [-0.15, -0.1) is 0 Å². The van der Waals surface area contributed by atoms with E-state index in [1.54, 1.807) is 6.92 Å². The zero-order chi connectivity index (χ0) is 14.4. The Morgan fingerprint density at radius 1 is 1.42 bits per heavy atom. The second-order valence-corrected chi connectivity index (χ2v) is 4.20. The predicted molar refractivity (Wildman–Crippen MR) is 71.6 cm³/mol. The molecule has 0 unspecified atom stereocenters. The van der Waals surface area contributed by atoms with Gasteiger partial charge in [0.2, 0.25) is 0 Å². The van der Waals surface area contributed by atoms with Crippen LogP contribution < -0.4 is 0 Å². The Balaban J connectivity index is 3.25. The minimum atomic E-state index is -0.762. The van der Waals surface area contributed by atoms with Gasteiger partial charge in [-0.1, -0.05) is 28.1 Å². The molecular formula is C12H12BrNO5. The summed E-state index contributed by atoms with van der Waals surface area (Å²) >= 11 is 3.00. The van der Waals surface area contributed by atoms with E-state index in [0.29, 0.717) is 0 Å². The molecular weight excluding hydrogens is 318 g/mol. The highest BCUT2D eigenvalue weighted by atomic mass is 79.9. The zero-order valence-corrected chi connectivity index (χ0v) is 11.8. The maximum atomic E-state index is 11.7. The Bertz CT molecular complexity index is 515. The molecule has 102 valence electrons. The van der Waals surface area contributed by atoms with E-state index in [9.17, 15) is 19.7 Å². The third-order valence-electron chi connectivity index (χ3n) is 2.33. The largest absolute Gasteiger partial charge is 0.462 e. The zero-order valence-electron chi connectivity index (χ0n) is 10.2. The smallest absolute Gasteiger partial charge is 0.345 e. The van der Waals surface area contributed by atoms with E-state index in [0.717, 1.165) is 0 Å². The van der Waals surface area contributed by atoms with Crippen molar-refractivity contribution in [2.24, 2.45) is 0 Å². The Kier molecular flexibility index (Phi) is 5.62. The van der Waals surface area contributed by atoms with Gasteiger partial charge in [0.25, 0.3) is 5.69 Å². The molecule has 1 aromatic carbocycles. The summed E-state index contributed by atoms with van der Waals surface area (Å²) in [5.74, 6) is -0.966. The summed E-state index contributed by atoms with van der Waals surface area (Å²) in [5, 5.41) is 11.2. The Labute approximate surface area is 118 Å². The van der Waals surface area contributed by atoms with Gasteiger partial charge in [0, 0.05) is 12.0 Å². The van der Waals surface area contributed by atoms with Crippen molar-refractivity contribution in [1.82, 2.24) is 0 Å². The van der Waals surface area contributed by atoms with Gasteiger partial charge in [-0.05, 0) is 13.0 Å². The van der Waals surface area contributed by atoms with Crippen LogP contribution in [0, 0.1) is 10.1 Å². The van der Waals surface area contributed by atoms with Crippen LogP contribution in [0.4, 0.5) is 5.69 Å². The van der Waals surface area contributed by atoms with Crippen molar-refractivity contribution in [3.05, 3.63) is 39.4 Å². The summed E-state index contributed by atoms with van der Waals surface area (Å²) < 4.78 is 4.77. The standard InChI is InChI=1S/C12H12BrNO5/c1-2-19-12(16)10-5-3-4-8(6-9(15)7-13)11(10)14(17)18/h3-5H,2,6-7H2,1H3. The fourth-order valence-corrected chi connectivity index (χ4v) is 1.78. The van der Waals surface area contributed by atoms with Crippen molar-refractivity contribution in [3.63, 3.8) is 0 Å². The molecule has 0 amide bonds. The molecule has 0 aliphatic carbocycles. The van der Waals surface area contributed by atoms with Crippen LogP contribution in [0.1, 0.15) is 22.8 Å². The number of esters is 1. The van der Waals surface area contributed by atoms with Crippen LogP contribution in [-0.2, 0) is 16.0 Å². The molecule has 0 radical (unpaired) electrons. The second kappa shape index (κ2) is 6.98. The topological polar surface area (TPSA) is 86.5 Å². The highest BCUT2D eigenvalue weighted by molar-refractivity contribution is 9.09. The number of Topliss-reactive ketones (excluding diaryl/α,β-unsaturated/α-hetero) is 1. The van der Waals surface area contributed by atoms with Gasteiger partial charge in [0.15, 0.2) is 0 Å². The lowest BCUT2D eigenvalue weighted by Gasteiger charge is -2.06. The van der Waals surface area contributed by atoms with E-state index in [1.165, 1.54) is 18.2 Å². The van der Waals surface area contributed by atoms with Crippen LogP contribution in [-0.4, -0.2) is 28.6 Å². The van der Waals surface area contributed by atoms with Gasteiger partial charge in [-0.3, -0.25) is 14.9 Å². The van der Waals surface area contributed by atoms with Gasteiger partial charge < -0.3 is 4.74 Å². The van der Waals surface area contributed by atoms with E-state index >= 15 is 0 Å². The number of benzene rings is 1. The normalized spacial score (nSPS) is 10.0. The van der Waals surface area contributed by atoms with Crippen molar-refractivity contribution in [2.75, 3.05) is 11.9 Å². The number of ketones is 1. The van der Waals surface area contributed by atoms with Gasteiger partial charge in [-0.2, -0.15) is 0 Å². The Morgan fingerprint density at radius 2 is 2.11 bits per heavy atom. The first kappa shape index (κ1) is 15.3. The molecule has 0 heterocycles. The lowest BCUT2D eigenvalue weighted by Crippen LogP contribution is -2.12. The molecule has 0 aliphatic rings. The number of hydrogen-bond acceptors (Lipinski definition) is 5. The SMILES string of the molecule is CCOC(=O)c1cccc(CC(=O)CBr)c1[N+](=O)[O-]. The average molecular weight is 330 g/mol. The molecule has 1 aromatic rings. The van der Waals surface area contributed by atoms with E-state index in [1.807, 2.05) is 0 Å². The molecule has 6 nitrogen and oxygen atoms in total. The first-order valence-corrected chi connectivity index (χ1v) is 6.64. The van der Waals surface area contributed by atoms with Gasteiger partial charge in [-0.25, -0.2) is 4.79 Å². The van der Waals surface area contributed by atoms with Gasteiger partial charge >= 0.3 is 5.97 Å². The first-order valence-electron chi connectivity index (χ1n) is 5.52. The second-order valence-electron chi connectivity index (χ2n) is 3.64. The van der Waals surface area contributed by atoms with E-state index in [-0.39, 0.29) is 41.0 Å². The van der Waals surface area contributed by atoms with Crippen LogP contribution in [0.2, 0.25) is 0 Å². The predicted octanol–water partition coefficient (Wildman–Crippen LogP) is 2.28. The molecule has 0 N–H and O–H groups in total. The molecule has 1 rings (SSSR count). The lowest BCUT2D eigenvalue weighted by atomic mass is 10.0. The Hall–Kier alpha value is -1.76. The summed E-state index contributed by atoms with van der Waals surface area (Å²) in [4.78, 5) is 33.5. The van der Waals surface area contributed by atoms with Gasteiger partial charge in [0.1, 0.15) is 11.3 Å². The number of halogens is 1. The quantitative estimate of drug-likeness (QED) is 0.346. The first-order chi connectivity index (χ1) is 9.01. The number of alkyl halides is 1. The monoisotopic (exact) mass is 329 g/mol. The lowest BCUT2D eigenvalue weighted by molar-refractivity contribution is -0.385. The number of carbonyl (C=O) groups excluding carboxylic acids is 2. The number of hydrogen-bond donors (Lipinski definition) is 0. The summed E-state index contributed by atoms with van der Waals surface area (Å²) in [5.41, 5.74) is -0.290. The number of nitro groups is 1. The third kappa shape index (κ3) is 3.85. The van der Waals surface area contributed by atoms with E-state index in [4.69, 9.17) is 4.74 Å².